The van der Waals surface area contributed by atoms with Gasteiger partial charge in [-0.15, -0.1) is 0 Å². The van der Waals surface area contributed by atoms with E-state index in [1.165, 1.54) is 5.56 Å². The molecule has 0 aliphatic carbocycles. The van der Waals surface area contributed by atoms with Crippen LogP contribution >= 0.6 is 0 Å². The third kappa shape index (κ3) is 6.09. The number of anilines is 1. The van der Waals surface area contributed by atoms with E-state index in [9.17, 15) is 9.59 Å². The zero-order valence-corrected chi connectivity index (χ0v) is 19.2. The minimum Gasteiger partial charge on any atom is -0.356 e. The molecule has 0 saturated heterocycles. The number of aliphatic imine (C=N–C) groups is 1. The molecule has 0 radical (unpaired) electrons. The number of fused-ring (bicyclic) bond motifs is 1. The molecule has 170 valence electrons. The molecule has 0 atom stereocenters. The molecule has 1 heterocycles. The molecule has 2 aromatic carbocycles. The van der Waals surface area contributed by atoms with Gasteiger partial charge in [0, 0.05) is 58.4 Å². The zero-order chi connectivity index (χ0) is 22.9. The van der Waals surface area contributed by atoms with Crippen molar-refractivity contribution in [3.63, 3.8) is 0 Å². The maximum atomic E-state index is 12.6. The SMILES string of the molecule is CN=C(NCCCC(=O)N1CCc2ccccc21)NCCc1cccc(C(=O)N(C)C)c1. The number of nitrogens with one attached hydrogen (secondary N) is 2. The first-order valence-corrected chi connectivity index (χ1v) is 11.1. The Morgan fingerprint density at radius 3 is 2.62 bits per heavy atom. The Labute approximate surface area is 190 Å². The molecule has 0 fully saturated rings. The van der Waals surface area contributed by atoms with Crippen LogP contribution in [-0.2, 0) is 17.6 Å². The lowest BCUT2D eigenvalue weighted by molar-refractivity contribution is -0.118. The van der Waals surface area contributed by atoms with E-state index in [4.69, 9.17) is 0 Å². The summed E-state index contributed by atoms with van der Waals surface area (Å²) in [5.74, 6) is 0.889. The molecule has 0 spiro atoms. The van der Waals surface area contributed by atoms with Crippen molar-refractivity contribution in [1.29, 1.82) is 0 Å². The molecule has 1 aliphatic heterocycles. The van der Waals surface area contributed by atoms with Crippen LogP contribution in [0.4, 0.5) is 5.69 Å². The van der Waals surface area contributed by atoms with Crippen LogP contribution in [0, 0.1) is 0 Å². The van der Waals surface area contributed by atoms with Crippen molar-refractivity contribution in [1.82, 2.24) is 15.5 Å². The van der Waals surface area contributed by atoms with Gasteiger partial charge in [0.2, 0.25) is 5.91 Å². The molecule has 0 bridgehead atoms. The van der Waals surface area contributed by atoms with Crippen LogP contribution < -0.4 is 15.5 Å². The Morgan fingerprint density at radius 2 is 1.84 bits per heavy atom. The van der Waals surface area contributed by atoms with E-state index in [2.05, 4.69) is 21.7 Å². The van der Waals surface area contributed by atoms with Crippen molar-refractivity contribution >= 4 is 23.5 Å². The van der Waals surface area contributed by atoms with Crippen molar-refractivity contribution in [3.8, 4) is 0 Å². The Morgan fingerprint density at radius 1 is 1.06 bits per heavy atom. The molecule has 0 aromatic heterocycles. The van der Waals surface area contributed by atoms with Crippen LogP contribution in [0.5, 0.6) is 0 Å². The fourth-order valence-corrected chi connectivity index (χ4v) is 3.84. The van der Waals surface area contributed by atoms with Gasteiger partial charge in [-0.25, -0.2) is 0 Å². The molecule has 7 heteroatoms. The van der Waals surface area contributed by atoms with E-state index >= 15 is 0 Å². The van der Waals surface area contributed by atoms with Gasteiger partial charge in [-0.1, -0.05) is 30.3 Å². The Balaban J connectivity index is 1.37. The number of hydrogen-bond acceptors (Lipinski definition) is 3. The van der Waals surface area contributed by atoms with Gasteiger partial charge in [-0.2, -0.15) is 0 Å². The third-order valence-electron chi connectivity index (χ3n) is 5.56. The largest absolute Gasteiger partial charge is 0.356 e. The van der Waals surface area contributed by atoms with Crippen LogP contribution in [0.1, 0.15) is 34.3 Å². The van der Waals surface area contributed by atoms with Crippen LogP contribution in [-0.4, -0.2) is 63.5 Å². The maximum Gasteiger partial charge on any atom is 0.253 e. The summed E-state index contributed by atoms with van der Waals surface area (Å²) in [4.78, 5) is 32.4. The summed E-state index contributed by atoms with van der Waals surface area (Å²) in [6.07, 6.45) is 2.96. The number of rotatable bonds is 8. The molecular formula is C25H33N5O2. The van der Waals surface area contributed by atoms with Gasteiger partial charge >= 0.3 is 0 Å². The van der Waals surface area contributed by atoms with E-state index in [1.807, 2.05) is 47.4 Å². The fourth-order valence-electron chi connectivity index (χ4n) is 3.84. The van der Waals surface area contributed by atoms with Crippen LogP contribution in [0.2, 0.25) is 0 Å². The van der Waals surface area contributed by atoms with E-state index in [1.54, 1.807) is 26.0 Å². The van der Waals surface area contributed by atoms with Gasteiger partial charge in [0.25, 0.3) is 5.91 Å². The van der Waals surface area contributed by atoms with E-state index < -0.39 is 0 Å². The van der Waals surface area contributed by atoms with Crippen molar-refractivity contribution in [2.75, 3.05) is 45.7 Å². The Hall–Kier alpha value is -3.35. The maximum absolute atomic E-state index is 12.6. The number of benzene rings is 2. The standard InChI is InChI=1S/C25H33N5O2/c1-26-25(28-16-13-19-8-6-10-21(18-19)24(32)29(2)3)27-15-7-12-23(31)30-17-14-20-9-4-5-11-22(20)30/h4-6,8-11,18H,7,12-17H2,1-3H3,(H2,26,27,28). The predicted octanol–water partition coefficient (Wildman–Crippen LogP) is 2.47. The first-order chi connectivity index (χ1) is 15.5. The average Bonchev–Trinajstić information content (AvgIpc) is 3.24. The van der Waals surface area contributed by atoms with Crippen LogP contribution in [0.3, 0.4) is 0 Å². The van der Waals surface area contributed by atoms with Crippen LogP contribution in [0.25, 0.3) is 0 Å². The van der Waals surface area contributed by atoms with Gasteiger partial charge in [-0.3, -0.25) is 14.6 Å². The first-order valence-electron chi connectivity index (χ1n) is 11.1. The molecule has 0 saturated carbocycles. The van der Waals surface area contributed by atoms with Crippen molar-refractivity contribution in [3.05, 3.63) is 65.2 Å². The highest BCUT2D eigenvalue weighted by atomic mass is 16.2. The van der Waals surface area contributed by atoms with Gasteiger partial charge in [0.15, 0.2) is 5.96 Å². The molecule has 2 N–H and O–H groups in total. The monoisotopic (exact) mass is 435 g/mol. The number of para-hydroxylation sites is 1. The van der Waals surface area contributed by atoms with Crippen LogP contribution in [0.15, 0.2) is 53.5 Å². The lowest BCUT2D eigenvalue weighted by Gasteiger charge is -2.17. The predicted molar refractivity (Wildman–Crippen MR) is 129 cm³/mol. The fraction of sp³-hybridized carbons (Fsp3) is 0.400. The number of hydrogen-bond donors (Lipinski definition) is 2. The van der Waals surface area contributed by atoms with Crippen molar-refractivity contribution in [2.45, 2.75) is 25.7 Å². The summed E-state index contributed by atoms with van der Waals surface area (Å²) in [7, 11) is 5.24. The third-order valence-corrected chi connectivity index (χ3v) is 5.56. The number of amides is 2. The summed E-state index contributed by atoms with van der Waals surface area (Å²) in [5, 5.41) is 6.57. The second-order valence-corrected chi connectivity index (χ2v) is 8.10. The number of nitrogens with zero attached hydrogens (tertiary/aromatic N) is 3. The van der Waals surface area contributed by atoms with E-state index in [0.29, 0.717) is 31.0 Å². The minimum atomic E-state index is 0.00394. The van der Waals surface area contributed by atoms with Gasteiger partial charge in [0.1, 0.15) is 0 Å². The normalized spacial score (nSPS) is 13.0. The second-order valence-electron chi connectivity index (χ2n) is 8.10. The molecule has 7 nitrogen and oxygen atoms in total. The molecule has 3 rings (SSSR count). The highest BCUT2D eigenvalue weighted by Crippen LogP contribution is 2.27. The molecule has 32 heavy (non-hydrogen) atoms. The smallest absolute Gasteiger partial charge is 0.253 e. The zero-order valence-electron chi connectivity index (χ0n) is 19.2. The Bertz CT molecular complexity index is 970. The van der Waals surface area contributed by atoms with Gasteiger partial charge in [0.05, 0.1) is 0 Å². The highest BCUT2D eigenvalue weighted by Gasteiger charge is 2.23. The van der Waals surface area contributed by atoms with Gasteiger partial charge in [-0.05, 0) is 48.6 Å². The molecule has 2 aromatic rings. The van der Waals surface area contributed by atoms with Crippen molar-refractivity contribution < 1.29 is 9.59 Å². The molecular weight excluding hydrogens is 402 g/mol. The molecule has 0 unspecified atom stereocenters. The molecule has 1 aliphatic rings. The summed E-state index contributed by atoms with van der Waals surface area (Å²) >= 11 is 0. The highest BCUT2D eigenvalue weighted by molar-refractivity contribution is 5.95. The lowest BCUT2D eigenvalue weighted by atomic mass is 10.1. The van der Waals surface area contributed by atoms with Crippen molar-refractivity contribution in [2.24, 2.45) is 4.99 Å². The van der Waals surface area contributed by atoms with E-state index in [-0.39, 0.29) is 11.8 Å². The summed E-state index contributed by atoms with van der Waals surface area (Å²) < 4.78 is 0. The summed E-state index contributed by atoms with van der Waals surface area (Å²) in [6, 6.07) is 15.8. The summed E-state index contributed by atoms with van der Waals surface area (Å²) in [5.41, 5.74) is 4.09. The summed E-state index contributed by atoms with van der Waals surface area (Å²) in [6.45, 7) is 2.15. The number of carbonyl (C=O) groups is 2. The molecule has 2 amide bonds. The Kier molecular flexibility index (Phi) is 8.25. The van der Waals surface area contributed by atoms with E-state index in [0.717, 1.165) is 37.1 Å². The second kappa shape index (κ2) is 11.3. The van der Waals surface area contributed by atoms with Gasteiger partial charge < -0.3 is 20.4 Å². The number of guanidine groups is 1. The minimum absolute atomic E-state index is 0.00394. The average molecular weight is 436 g/mol. The first kappa shape index (κ1) is 23.3. The quantitative estimate of drug-likeness (QED) is 0.379. The number of carbonyl (C=O) groups excluding carboxylic acids is 2. The lowest BCUT2D eigenvalue weighted by Crippen LogP contribution is -2.39. The topological polar surface area (TPSA) is 77.0 Å².